The normalized spacial score (nSPS) is 23.6. The van der Waals surface area contributed by atoms with Crippen LogP contribution in [0, 0.1) is 12.3 Å². The second-order valence-corrected chi connectivity index (χ2v) is 6.75. The molecule has 0 spiro atoms. The summed E-state index contributed by atoms with van der Waals surface area (Å²) >= 11 is 0. The van der Waals surface area contributed by atoms with E-state index in [1.807, 2.05) is 0 Å². The van der Waals surface area contributed by atoms with Gasteiger partial charge in [-0.2, -0.15) is 0 Å². The van der Waals surface area contributed by atoms with E-state index in [1.54, 1.807) is 0 Å². The molecule has 1 unspecified atom stereocenters. The summed E-state index contributed by atoms with van der Waals surface area (Å²) in [5, 5.41) is 3.58. The highest BCUT2D eigenvalue weighted by atomic mass is 16.5. The van der Waals surface area contributed by atoms with Crippen LogP contribution in [0.2, 0.25) is 0 Å². The third kappa shape index (κ3) is 2.85. The van der Waals surface area contributed by atoms with Gasteiger partial charge in [0.1, 0.15) is 11.9 Å². The van der Waals surface area contributed by atoms with E-state index in [0.717, 1.165) is 18.7 Å². The fourth-order valence-electron chi connectivity index (χ4n) is 4.01. The second-order valence-electron chi connectivity index (χ2n) is 6.75. The largest absolute Gasteiger partial charge is 0.490 e. The van der Waals surface area contributed by atoms with Crippen molar-refractivity contribution in [1.82, 2.24) is 5.32 Å². The third-order valence-electron chi connectivity index (χ3n) is 5.03. The molecule has 1 saturated carbocycles. The Balaban J connectivity index is 1.66. The molecule has 0 saturated heterocycles. The van der Waals surface area contributed by atoms with Crippen molar-refractivity contribution in [3.63, 3.8) is 0 Å². The lowest BCUT2D eigenvalue weighted by Gasteiger charge is -2.31. The molecule has 0 aromatic heterocycles. The van der Waals surface area contributed by atoms with Crippen LogP contribution in [0.4, 0.5) is 0 Å². The molecule has 1 fully saturated rings. The molecular formula is C18H27NO. The number of ether oxygens (including phenoxy) is 1. The summed E-state index contributed by atoms with van der Waals surface area (Å²) < 4.78 is 6.20. The summed E-state index contributed by atoms with van der Waals surface area (Å²) in [4.78, 5) is 0. The lowest BCUT2D eigenvalue weighted by molar-refractivity contribution is 0.135. The molecule has 1 aliphatic heterocycles. The molecule has 1 heterocycles. The van der Waals surface area contributed by atoms with Crippen LogP contribution in [0.25, 0.3) is 0 Å². The van der Waals surface area contributed by atoms with Crippen LogP contribution in [0.5, 0.6) is 5.75 Å². The van der Waals surface area contributed by atoms with Gasteiger partial charge in [-0.1, -0.05) is 37.5 Å². The average Bonchev–Trinajstić information content (AvgIpc) is 3.03. The van der Waals surface area contributed by atoms with Crippen molar-refractivity contribution in [3.8, 4) is 5.75 Å². The third-order valence-corrected chi connectivity index (χ3v) is 5.03. The van der Waals surface area contributed by atoms with Gasteiger partial charge in [-0.05, 0) is 49.8 Å². The number of hydrogen-bond donors (Lipinski definition) is 1. The molecular weight excluding hydrogens is 246 g/mol. The Bertz CT molecular complexity index is 462. The molecule has 0 bridgehead atoms. The maximum Gasteiger partial charge on any atom is 0.123 e. The van der Waals surface area contributed by atoms with Gasteiger partial charge in [0.2, 0.25) is 0 Å². The Morgan fingerprint density at radius 3 is 2.85 bits per heavy atom. The van der Waals surface area contributed by atoms with E-state index < -0.39 is 0 Å². The van der Waals surface area contributed by atoms with Crippen LogP contribution in [0.15, 0.2) is 18.2 Å². The van der Waals surface area contributed by atoms with Gasteiger partial charge in [0, 0.05) is 13.0 Å². The van der Waals surface area contributed by atoms with Crippen molar-refractivity contribution in [1.29, 1.82) is 0 Å². The lowest BCUT2D eigenvalue weighted by atomic mass is 9.79. The smallest absolute Gasteiger partial charge is 0.123 e. The first-order chi connectivity index (χ1) is 9.71. The quantitative estimate of drug-likeness (QED) is 0.879. The number of nitrogens with one attached hydrogen (secondary N) is 1. The molecule has 110 valence electrons. The van der Waals surface area contributed by atoms with Crippen molar-refractivity contribution >= 4 is 0 Å². The Hall–Kier alpha value is -1.02. The van der Waals surface area contributed by atoms with Gasteiger partial charge in [-0.25, -0.2) is 0 Å². The second kappa shape index (κ2) is 5.77. The van der Waals surface area contributed by atoms with Gasteiger partial charge in [-0.15, -0.1) is 0 Å². The van der Waals surface area contributed by atoms with E-state index in [-0.39, 0.29) is 0 Å². The zero-order valence-electron chi connectivity index (χ0n) is 12.9. The molecule has 2 nitrogen and oxygen atoms in total. The lowest BCUT2D eigenvalue weighted by Crippen LogP contribution is -2.36. The number of hydrogen-bond acceptors (Lipinski definition) is 2. The predicted molar refractivity (Wildman–Crippen MR) is 83.4 cm³/mol. The maximum absolute atomic E-state index is 6.20. The Morgan fingerprint density at radius 1 is 1.30 bits per heavy atom. The fourth-order valence-corrected chi connectivity index (χ4v) is 4.01. The van der Waals surface area contributed by atoms with Gasteiger partial charge in [0.25, 0.3) is 0 Å². The first-order valence-corrected chi connectivity index (χ1v) is 8.18. The summed E-state index contributed by atoms with van der Waals surface area (Å²) in [5.74, 6) is 1.12. The molecule has 2 heteroatoms. The highest BCUT2D eigenvalue weighted by Gasteiger charge is 2.38. The van der Waals surface area contributed by atoms with Crippen molar-refractivity contribution in [2.45, 2.75) is 58.5 Å². The SMILES string of the molecule is CCNCC1(CC2Cc3cc(C)ccc3O2)CCCC1. The summed E-state index contributed by atoms with van der Waals surface area (Å²) in [6.45, 7) is 6.61. The maximum atomic E-state index is 6.20. The molecule has 0 radical (unpaired) electrons. The van der Waals surface area contributed by atoms with Gasteiger partial charge >= 0.3 is 0 Å². The summed E-state index contributed by atoms with van der Waals surface area (Å²) in [7, 11) is 0. The van der Waals surface area contributed by atoms with Crippen LogP contribution in [-0.2, 0) is 6.42 Å². The van der Waals surface area contributed by atoms with Crippen LogP contribution in [0.1, 0.15) is 50.2 Å². The van der Waals surface area contributed by atoms with Crippen molar-refractivity contribution in [3.05, 3.63) is 29.3 Å². The number of benzene rings is 1. The summed E-state index contributed by atoms with van der Waals surface area (Å²) in [6.07, 6.45) is 8.24. The summed E-state index contributed by atoms with van der Waals surface area (Å²) in [5.41, 5.74) is 3.24. The van der Waals surface area contributed by atoms with E-state index in [1.165, 1.54) is 49.8 Å². The van der Waals surface area contributed by atoms with E-state index in [2.05, 4.69) is 37.4 Å². The predicted octanol–water partition coefficient (Wildman–Crippen LogP) is 3.86. The van der Waals surface area contributed by atoms with Gasteiger partial charge < -0.3 is 10.1 Å². The molecule has 1 N–H and O–H groups in total. The topological polar surface area (TPSA) is 21.3 Å². The molecule has 3 rings (SSSR count). The van der Waals surface area contributed by atoms with Gasteiger partial charge in [-0.3, -0.25) is 0 Å². The Kier molecular flexibility index (Phi) is 4.02. The minimum absolute atomic E-state index is 0.392. The Morgan fingerprint density at radius 2 is 2.10 bits per heavy atom. The fraction of sp³-hybridized carbons (Fsp3) is 0.667. The van der Waals surface area contributed by atoms with Crippen molar-refractivity contribution < 1.29 is 4.74 Å². The van der Waals surface area contributed by atoms with E-state index in [0.29, 0.717) is 11.5 Å². The zero-order chi connectivity index (χ0) is 14.0. The molecule has 0 amide bonds. The van der Waals surface area contributed by atoms with Crippen LogP contribution in [-0.4, -0.2) is 19.2 Å². The number of fused-ring (bicyclic) bond motifs is 1. The van der Waals surface area contributed by atoms with Crippen molar-refractivity contribution in [2.24, 2.45) is 5.41 Å². The summed E-state index contributed by atoms with van der Waals surface area (Å²) in [6, 6.07) is 6.60. The van der Waals surface area contributed by atoms with E-state index in [4.69, 9.17) is 4.74 Å². The van der Waals surface area contributed by atoms with Crippen LogP contribution >= 0.6 is 0 Å². The number of rotatable bonds is 5. The van der Waals surface area contributed by atoms with Crippen molar-refractivity contribution in [2.75, 3.05) is 13.1 Å². The average molecular weight is 273 g/mol. The van der Waals surface area contributed by atoms with E-state index in [9.17, 15) is 0 Å². The zero-order valence-corrected chi connectivity index (χ0v) is 12.9. The highest BCUT2D eigenvalue weighted by Crippen LogP contribution is 2.44. The standard InChI is InChI=1S/C18H27NO/c1-3-19-13-18(8-4-5-9-18)12-16-11-15-10-14(2)6-7-17(15)20-16/h6-7,10,16,19H,3-5,8-9,11-13H2,1-2H3. The monoisotopic (exact) mass is 273 g/mol. The molecule has 2 aliphatic rings. The first kappa shape index (κ1) is 13.9. The Labute approximate surface area is 122 Å². The minimum atomic E-state index is 0.392. The highest BCUT2D eigenvalue weighted by molar-refractivity contribution is 5.40. The van der Waals surface area contributed by atoms with Crippen LogP contribution < -0.4 is 10.1 Å². The molecule has 1 atom stereocenters. The number of aryl methyl sites for hydroxylation is 1. The van der Waals surface area contributed by atoms with Gasteiger partial charge in [0.05, 0.1) is 0 Å². The minimum Gasteiger partial charge on any atom is -0.490 e. The van der Waals surface area contributed by atoms with Crippen LogP contribution in [0.3, 0.4) is 0 Å². The van der Waals surface area contributed by atoms with Gasteiger partial charge in [0.15, 0.2) is 0 Å². The van der Waals surface area contributed by atoms with E-state index >= 15 is 0 Å². The first-order valence-electron chi connectivity index (χ1n) is 8.18. The molecule has 1 aliphatic carbocycles. The molecule has 20 heavy (non-hydrogen) atoms. The molecule has 1 aromatic rings. The molecule has 1 aromatic carbocycles.